The zero-order valence-electron chi connectivity index (χ0n) is 18.6. The first-order valence-corrected chi connectivity index (χ1v) is 10.9. The number of anilines is 2. The lowest BCUT2D eigenvalue weighted by Crippen LogP contribution is -2.41. The first-order valence-electron chi connectivity index (χ1n) is 10.9. The molecule has 4 aromatic rings. The van der Waals surface area contributed by atoms with Gasteiger partial charge in [0.15, 0.2) is 0 Å². The maximum absolute atomic E-state index is 5.35. The van der Waals surface area contributed by atoms with E-state index in [1.165, 1.54) is 33.3 Å². The molecule has 0 N–H and O–H groups in total. The van der Waals surface area contributed by atoms with Gasteiger partial charge in [0.25, 0.3) is 0 Å². The number of hydrogen-bond acceptors (Lipinski definition) is 3. The van der Waals surface area contributed by atoms with Crippen LogP contribution in [-0.2, 0) is 12.8 Å². The monoisotopic (exact) mass is 408 g/mol. The Bertz CT molecular complexity index is 1250. The van der Waals surface area contributed by atoms with E-state index >= 15 is 0 Å². The van der Waals surface area contributed by atoms with Crippen molar-refractivity contribution in [3.63, 3.8) is 0 Å². The highest BCUT2D eigenvalue weighted by Crippen LogP contribution is 2.45. The molecule has 0 unspecified atom stereocenters. The molecule has 3 aromatic carbocycles. The lowest BCUT2D eigenvalue weighted by Gasteiger charge is -2.42. The number of nitrogens with zero attached hydrogens (tertiary/aromatic N) is 2. The van der Waals surface area contributed by atoms with Crippen LogP contribution in [0.1, 0.15) is 43.0 Å². The molecule has 0 bridgehead atoms. The van der Waals surface area contributed by atoms with E-state index in [2.05, 4.69) is 86.3 Å². The maximum atomic E-state index is 5.35. The van der Waals surface area contributed by atoms with Crippen LogP contribution in [-0.4, -0.2) is 17.6 Å². The van der Waals surface area contributed by atoms with E-state index in [1.54, 1.807) is 7.11 Å². The van der Waals surface area contributed by atoms with Gasteiger partial charge in [-0.25, -0.2) is 4.98 Å². The van der Waals surface area contributed by atoms with Crippen LogP contribution >= 0.6 is 0 Å². The summed E-state index contributed by atoms with van der Waals surface area (Å²) in [5, 5.41) is 1.24. The van der Waals surface area contributed by atoms with E-state index in [9.17, 15) is 0 Å². The quantitative estimate of drug-likeness (QED) is 0.378. The van der Waals surface area contributed by atoms with Crippen molar-refractivity contribution in [2.24, 2.45) is 0 Å². The van der Waals surface area contributed by atoms with Gasteiger partial charge in [-0.15, -0.1) is 0 Å². The van der Waals surface area contributed by atoms with Crippen LogP contribution in [0.5, 0.6) is 5.75 Å². The van der Waals surface area contributed by atoms with Gasteiger partial charge >= 0.3 is 0 Å². The summed E-state index contributed by atoms with van der Waals surface area (Å²) >= 11 is 0. The van der Waals surface area contributed by atoms with Crippen LogP contribution in [0.25, 0.3) is 10.9 Å². The normalized spacial score (nSPS) is 13.1. The van der Waals surface area contributed by atoms with Crippen LogP contribution in [0.15, 0.2) is 72.8 Å². The second kappa shape index (κ2) is 7.42. The molecule has 3 heteroatoms. The van der Waals surface area contributed by atoms with E-state index in [0.29, 0.717) is 0 Å². The number of hydrogen-bond donors (Lipinski definition) is 0. The van der Waals surface area contributed by atoms with Gasteiger partial charge in [-0.1, -0.05) is 48.5 Å². The molecule has 5 rings (SSSR count). The molecule has 0 fully saturated rings. The van der Waals surface area contributed by atoms with Gasteiger partial charge in [0.2, 0.25) is 0 Å². The van der Waals surface area contributed by atoms with Crippen molar-refractivity contribution in [2.75, 3.05) is 12.0 Å². The third kappa shape index (κ3) is 3.44. The average Bonchev–Trinajstić information content (AvgIpc) is 2.77. The van der Waals surface area contributed by atoms with Gasteiger partial charge in [0.05, 0.1) is 12.6 Å². The number of pyridine rings is 1. The van der Waals surface area contributed by atoms with E-state index in [-0.39, 0.29) is 5.54 Å². The molecule has 0 spiro atoms. The van der Waals surface area contributed by atoms with Crippen LogP contribution in [0.2, 0.25) is 0 Å². The molecule has 0 saturated heterocycles. The minimum Gasteiger partial charge on any atom is -0.497 e. The summed E-state index contributed by atoms with van der Waals surface area (Å²) in [7, 11) is 1.71. The molecule has 31 heavy (non-hydrogen) atoms. The van der Waals surface area contributed by atoms with E-state index in [0.717, 1.165) is 29.9 Å². The Morgan fingerprint density at radius 2 is 1.61 bits per heavy atom. The standard InChI is InChI=1S/C28H28N2O/c1-28(2,3)30-26-12-8-5-9-20(26)18-24-23(17-19-13-15-21(31-4)16-14-19)22-10-6-7-11-25(22)29-27(24)30/h5-16H,17-18H2,1-4H3. The van der Waals surface area contributed by atoms with E-state index in [4.69, 9.17) is 9.72 Å². The largest absolute Gasteiger partial charge is 0.497 e. The highest BCUT2D eigenvalue weighted by molar-refractivity contribution is 5.89. The Morgan fingerprint density at radius 3 is 2.35 bits per heavy atom. The number of para-hydroxylation sites is 2. The highest BCUT2D eigenvalue weighted by atomic mass is 16.5. The Kier molecular flexibility index (Phi) is 4.70. The molecular weight excluding hydrogens is 380 g/mol. The Morgan fingerprint density at radius 1 is 0.903 bits per heavy atom. The Labute approximate surface area is 184 Å². The third-order valence-electron chi connectivity index (χ3n) is 6.11. The fourth-order valence-electron chi connectivity index (χ4n) is 4.69. The van der Waals surface area contributed by atoms with Crippen molar-refractivity contribution >= 4 is 22.4 Å². The van der Waals surface area contributed by atoms with E-state index < -0.39 is 0 Å². The van der Waals surface area contributed by atoms with Crippen molar-refractivity contribution in [1.82, 2.24) is 4.98 Å². The first kappa shape index (κ1) is 19.6. The van der Waals surface area contributed by atoms with Crippen molar-refractivity contribution in [3.8, 4) is 5.75 Å². The van der Waals surface area contributed by atoms with Gasteiger partial charge < -0.3 is 9.64 Å². The molecule has 0 amide bonds. The predicted molar refractivity (Wildman–Crippen MR) is 129 cm³/mol. The maximum Gasteiger partial charge on any atom is 0.138 e. The number of aromatic nitrogens is 1. The van der Waals surface area contributed by atoms with Gasteiger partial charge in [-0.05, 0) is 68.1 Å². The third-order valence-corrected chi connectivity index (χ3v) is 6.11. The van der Waals surface area contributed by atoms with E-state index in [1.807, 2.05) is 12.1 Å². The number of benzene rings is 3. The summed E-state index contributed by atoms with van der Waals surface area (Å²) in [6.45, 7) is 6.79. The van der Waals surface area contributed by atoms with Crippen molar-refractivity contribution < 1.29 is 4.74 Å². The fraction of sp³-hybridized carbons (Fsp3) is 0.250. The van der Waals surface area contributed by atoms with Crippen molar-refractivity contribution in [2.45, 2.75) is 39.2 Å². The zero-order chi connectivity index (χ0) is 21.6. The number of methoxy groups -OCH3 is 1. The summed E-state index contributed by atoms with van der Waals surface area (Å²) in [6.07, 6.45) is 1.77. The molecule has 0 aliphatic carbocycles. The summed E-state index contributed by atoms with van der Waals surface area (Å²) in [6, 6.07) is 25.7. The van der Waals surface area contributed by atoms with Gasteiger partial charge in [0, 0.05) is 28.6 Å². The Balaban J connectivity index is 1.74. The summed E-state index contributed by atoms with van der Waals surface area (Å²) in [5.74, 6) is 1.98. The number of ether oxygens (including phenoxy) is 1. The van der Waals surface area contributed by atoms with Crippen molar-refractivity contribution in [1.29, 1.82) is 0 Å². The highest BCUT2D eigenvalue weighted by Gasteiger charge is 2.33. The SMILES string of the molecule is COc1ccc(Cc2c3c(nc4ccccc24)N(C(C)(C)C)c2ccccc2C3)cc1. The second-order valence-corrected chi connectivity index (χ2v) is 9.25. The zero-order valence-corrected chi connectivity index (χ0v) is 18.6. The summed E-state index contributed by atoms with van der Waals surface area (Å²) < 4.78 is 5.35. The second-order valence-electron chi connectivity index (χ2n) is 9.25. The Hall–Kier alpha value is -3.33. The minimum absolute atomic E-state index is 0.0852. The molecule has 0 radical (unpaired) electrons. The average molecular weight is 409 g/mol. The smallest absolute Gasteiger partial charge is 0.138 e. The molecular formula is C28H28N2O. The molecule has 1 aliphatic heterocycles. The van der Waals surface area contributed by atoms with Crippen LogP contribution in [0, 0.1) is 0 Å². The molecule has 3 nitrogen and oxygen atoms in total. The van der Waals surface area contributed by atoms with Crippen LogP contribution in [0.4, 0.5) is 11.5 Å². The molecule has 156 valence electrons. The minimum atomic E-state index is -0.0852. The molecule has 0 saturated carbocycles. The lowest BCUT2D eigenvalue weighted by molar-refractivity contribution is 0.414. The van der Waals surface area contributed by atoms with Crippen molar-refractivity contribution in [3.05, 3.63) is 95.1 Å². The topological polar surface area (TPSA) is 25.4 Å². The summed E-state index contributed by atoms with van der Waals surface area (Å²) in [4.78, 5) is 7.62. The van der Waals surface area contributed by atoms with Crippen LogP contribution < -0.4 is 9.64 Å². The summed E-state index contributed by atoms with van der Waals surface area (Å²) in [5.41, 5.74) is 7.58. The lowest BCUT2D eigenvalue weighted by atomic mass is 9.87. The molecule has 1 aromatic heterocycles. The molecule has 2 heterocycles. The fourth-order valence-corrected chi connectivity index (χ4v) is 4.69. The van der Waals surface area contributed by atoms with Gasteiger partial charge in [-0.3, -0.25) is 0 Å². The van der Waals surface area contributed by atoms with Gasteiger partial charge in [0.1, 0.15) is 11.6 Å². The number of fused-ring (bicyclic) bond motifs is 3. The number of rotatable bonds is 3. The molecule has 0 atom stereocenters. The first-order chi connectivity index (χ1) is 15.0. The van der Waals surface area contributed by atoms with Crippen LogP contribution in [0.3, 0.4) is 0 Å². The predicted octanol–water partition coefficient (Wildman–Crippen LogP) is 6.68. The molecule has 1 aliphatic rings. The van der Waals surface area contributed by atoms with Gasteiger partial charge in [-0.2, -0.15) is 0 Å².